The average molecular weight is 433 g/mol. The van der Waals surface area contributed by atoms with Crippen LogP contribution in [0, 0.1) is 18.8 Å². The zero-order valence-corrected chi connectivity index (χ0v) is 17.9. The van der Waals surface area contributed by atoms with Crippen LogP contribution < -0.4 is 9.62 Å². The first-order valence-corrected chi connectivity index (χ1v) is 11.8. The molecule has 5 nitrogen and oxygen atoms in total. The number of halogens is 1. The summed E-state index contributed by atoms with van der Waals surface area (Å²) in [4.78, 5) is 13.0. The molecule has 2 aliphatic carbocycles. The Morgan fingerprint density at radius 1 is 1.10 bits per heavy atom. The lowest BCUT2D eigenvalue weighted by Crippen LogP contribution is -2.46. The van der Waals surface area contributed by atoms with Crippen LogP contribution in [0.4, 0.5) is 5.69 Å². The second-order valence-electron chi connectivity index (χ2n) is 8.13. The number of para-hydroxylation sites is 1. The third-order valence-electron chi connectivity index (χ3n) is 6.10. The fourth-order valence-electron chi connectivity index (χ4n) is 4.60. The summed E-state index contributed by atoms with van der Waals surface area (Å²) < 4.78 is 27.9. The van der Waals surface area contributed by atoms with Gasteiger partial charge in [-0.3, -0.25) is 9.10 Å². The van der Waals surface area contributed by atoms with E-state index in [9.17, 15) is 13.2 Å². The first-order valence-electron chi connectivity index (χ1n) is 9.98. The Morgan fingerprint density at radius 3 is 2.45 bits per heavy atom. The van der Waals surface area contributed by atoms with Crippen molar-refractivity contribution in [1.82, 2.24) is 5.32 Å². The van der Waals surface area contributed by atoms with Crippen molar-refractivity contribution in [3.8, 4) is 0 Å². The summed E-state index contributed by atoms with van der Waals surface area (Å²) >= 11 is 6.31. The summed E-state index contributed by atoms with van der Waals surface area (Å²) in [5, 5.41) is 3.36. The van der Waals surface area contributed by atoms with Gasteiger partial charge in [0.2, 0.25) is 5.91 Å². The maximum Gasteiger partial charge on any atom is 0.264 e. The number of hydrogen-bond donors (Lipinski definition) is 1. The monoisotopic (exact) mass is 432 g/mol. The van der Waals surface area contributed by atoms with Crippen LogP contribution in [-0.2, 0) is 14.8 Å². The van der Waals surface area contributed by atoms with Crippen molar-refractivity contribution in [2.75, 3.05) is 10.8 Å². The highest BCUT2D eigenvalue weighted by Gasteiger charge is 2.40. The molecule has 0 aliphatic heterocycles. The topological polar surface area (TPSA) is 66.5 Å². The van der Waals surface area contributed by atoms with Gasteiger partial charge in [-0.2, -0.15) is 0 Å². The smallest absolute Gasteiger partial charge is 0.264 e. The second-order valence-corrected chi connectivity index (χ2v) is 10.4. The van der Waals surface area contributed by atoms with E-state index in [1.807, 2.05) is 6.92 Å². The first kappa shape index (κ1) is 20.2. The fraction of sp³-hybridized carbons (Fsp3) is 0.409. The van der Waals surface area contributed by atoms with Crippen LogP contribution in [0.25, 0.3) is 0 Å². The van der Waals surface area contributed by atoms with Crippen molar-refractivity contribution in [3.05, 3.63) is 59.1 Å². The van der Waals surface area contributed by atoms with Crippen molar-refractivity contribution in [2.24, 2.45) is 11.8 Å². The number of rotatable bonds is 6. The Hall–Kier alpha value is -2.05. The number of carbonyl (C=O) groups excluding carboxylic acids is 1. The SMILES string of the molecule is Cc1ccc(S(=O)(=O)N(CC(=O)N[C@H]2C[C@@H]3CC[C@@H]2C3)c2ccccc2Cl)cc1. The van der Waals surface area contributed by atoms with E-state index in [2.05, 4.69) is 5.32 Å². The molecule has 29 heavy (non-hydrogen) atoms. The molecule has 0 aromatic heterocycles. The number of nitrogens with zero attached hydrogens (tertiary/aromatic N) is 1. The Morgan fingerprint density at radius 2 is 1.83 bits per heavy atom. The van der Waals surface area contributed by atoms with Gasteiger partial charge in [0, 0.05) is 6.04 Å². The number of carbonyl (C=O) groups is 1. The number of aryl methyl sites for hydroxylation is 1. The molecule has 2 aromatic carbocycles. The molecule has 2 aromatic rings. The normalized spacial score (nSPS) is 23.2. The molecule has 1 N–H and O–H groups in total. The van der Waals surface area contributed by atoms with Crippen LogP contribution in [0.3, 0.4) is 0 Å². The summed E-state index contributed by atoms with van der Waals surface area (Å²) in [7, 11) is -3.94. The van der Waals surface area contributed by atoms with Crippen molar-refractivity contribution in [1.29, 1.82) is 0 Å². The molecular weight excluding hydrogens is 408 g/mol. The van der Waals surface area contributed by atoms with E-state index in [0.717, 1.165) is 22.7 Å². The van der Waals surface area contributed by atoms with Crippen LogP contribution in [0.5, 0.6) is 0 Å². The predicted octanol–water partition coefficient (Wildman–Crippen LogP) is 4.15. The minimum atomic E-state index is -3.94. The van der Waals surface area contributed by atoms with Crippen LogP contribution in [0.2, 0.25) is 5.02 Å². The highest BCUT2D eigenvalue weighted by molar-refractivity contribution is 7.92. The molecule has 3 atom stereocenters. The van der Waals surface area contributed by atoms with Gasteiger partial charge in [-0.1, -0.05) is 47.9 Å². The standard InChI is InChI=1S/C22H25ClN2O3S/c1-15-6-10-18(11-7-15)29(27,28)25(21-5-3-2-4-19(21)23)14-22(26)24-20-13-16-8-9-17(20)12-16/h2-7,10-11,16-17,20H,8-9,12-14H2,1H3,(H,24,26)/t16-,17-,20+/m1/s1. The van der Waals surface area contributed by atoms with Gasteiger partial charge in [0.15, 0.2) is 0 Å². The van der Waals surface area contributed by atoms with E-state index in [1.165, 1.54) is 12.8 Å². The van der Waals surface area contributed by atoms with Crippen LogP contribution >= 0.6 is 11.6 Å². The molecule has 0 saturated heterocycles. The number of hydrogen-bond acceptors (Lipinski definition) is 3. The molecule has 1 amide bonds. The summed E-state index contributed by atoms with van der Waals surface area (Å²) in [6.45, 7) is 1.60. The zero-order valence-electron chi connectivity index (χ0n) is 16.3. The van der Waals surface area contributed by atoms with Crippen LogP contribution in [-0.4, -0.2) is 26.9 Å². The van der Waals surface area contributed by atoms with E-state index < -0.39 is 10.0 Å². The molecule has 2 saturated carbocycles. The molecule has 154 valence electrons. The maximum atomic E-state index is 13.4. The van der Waals surface area contributed by atoms with Crippen molar-refractivity contribution < 1.29 is 13.2 Å². The third-order valence-corrected chi connectivity index (χ3v) is 8.20. The van der Waals surface area contributed by atoms with E-state index in [4.69, 9.17) is 11.6 Å². The van der Waals surface area contributed by atoms with E-state index in [0.29, 0.717) is 17.5 Å². The van der Waals surface area contributed by atoms with Crippen molar-refractivity contribution in [3.63, 3.8) is 0 Å². The number of sulfonamides is 1. The summed E-state index contributed by atoms with van der Waals surface area (Å²) in [5.41, 5.74) is 1.26. The molecule has 0 radical (unpaired) electrons. The van der Waals surface area contributed by atoms with Gasteiger partial charge < -0.3 is 5.32 Å². The number of benzene rings is 2. The average Bonchev–Trinajstić information content (AvgIpc) is 3.30. The number of fused-ring (bicyclic) bond motifs is 2. The van der Waals surface area contributed by atoms with Gasteiger partial charge in [0.1, 0.15) is 6.54 Å². The molecule has 7 heteroatoms. The van der Waals surface area contributed by atoms with Gasteiger partial charge in [-0.15, -0.1) is 0 Å². The highest BCUT2D eigenvalue weighted by atomic mass is 35.5. The molecule has 0 unspecified atom stereocenters. The largest absolute Gasteiger partial charge is 0.352 e. The van der Waals surface area contributed by atoms with Crippen LogP contribution in [0.15, 0.2) is 53.4 Å². The Bertz CT molecular complexity index is 1010. The zero-order chi connectivity index (χ0) is 20.6. The molecule has 0 heterocycles. The molecular formula is C22H25ClN2O3S. The summed E-state index contributed by atoms with van der Waals surface area (Å²) in [5.74, 6) is 0.922. The van der Waals surface area contributed by atoms with Crippen molar-refractivity contribution in [2.45, 2.75) is 43.5 Å². The van der Waals surface area contributed by atoms with Crippen molar-refractivity contribution >= 4 is 33.2 Å². The quantitative estimate of drug-likeness (QED) is 0.745. The molecule has 2 aliphatic rings. The van der Waals surface area contributed by atoms with Gasteiger partial charge >= 0.3 is 0 Å². The highest BCUT2D eigenvalue weighted by Crippen LogP contribution is 2.44. The third kappa shape index (κ3) is 4.14. The Labute approximate surface area is 177 Å². The lowest BCUT2D eigenvalue weighted by Gasteiger charge is -2.27. The number of anilines is 1. The predicted molar refractivity (Wildman–Crippen MR) is 115 cm³/mol. The lowest BCUT2D eigenvalue weighted by atomic mass is 9.95. The number of amides is 1. The Kier molecular flexibility index (Phi) is 5.58. The second kappa shape index (κ2) is 8.00. The minimum Gasteiger partial charge on any atom is -0.352 e. The van der Waals surface area contributed by atoms with E-state index in [-0.39, 0.29) is 28.4 Å². The van der Waals surface area contributed by atoms with Crippen LogP contribution in [0.1, 0.15) is 31.2 Å². The maximum absolute atomic E-state index is 13.4. The van der Waals surface area contributed by atoms with Gasteiger partial charge in [0.05, 0.1) is 15.6 Å². The van der Waals surface area contributed by atoms with Gasteiger partial charge in [-0.25, -0.2) is 8.42 Å². The summed E-state index contributed by atoms with van der Waals surface area (Å²) in [6.07, 6.45) is 4.55. The van der Waals surface area contributed by atoms with E-state index >= 15 is 0 Å². The Balaban J connectivity index is 1.61. The van der Waals surface area contributed by atoms with E-state index in [1.54, 1.807) is 48.5 Å². The lowest BCUT2D eigenvalue weighted by molar-refractivity contribution is -0.120. The van der Waals surface area contributed by atoms with Gasteiger partial charge in [-0.05, 0) is 62.3 Å². The molecule has 2 fully saturated rings. The summed E-state index contributed by atoms with van der Waals surface area (Å²) in [6, 6.07) is 13.5. The molecule has 4 rings (SSSR count). The fourth-order valence-corrected chi connectivity index (χ4v) is 6.32. The van der Waals surface area contributed by atoms with Gasteiger partial charge in [0.25, 0.3) is 10.0 Å². The minimum absolute atomic E-state index is 0.135. The molecule has 2 bridgehead atoms. The first-order chi connectivity index (χ1) is 13.8. The molecule has 0 spiro atoms. The number of nitrogens with one attached hydrogen (secondary N) is 1.